The lowest BCUT2D eigenvalue weighted by Crippen LogP contribution is -2.54. The Hall–Kier alpha value is -3.97. The van der Waals surface area contributed by atoms with Crippen molar-refractivity contribution in [3.8, 4) is 5.75 Å². The summed E-state index contributed by atoms with van der Waals surface area (Å²) in [6.45, 7) is 0.711. The number of ether oxygens (including phenoxy) is 2. The molecule has 0 aromatic heterocycles. The molecular weight excluding hydrogens is 468 g/mol. The van der Waals surface area contributed by atoms with Crippen LogP contribution in [-0.4, -0.2) is 41.9 Å². The van der Waals surface area contributed by atoms with E-state index in [1.807, 2.05) is 60.7 Å². The zero-order chi connectivity index (χ0) is 25.6. The molecule has 4 atom stereocenters. The highest BCUT2D eigenvalue weighted by molar-refractivity contribution is 6.24. The first-order valence-corrected chi connectivity index (χ1v) is 12.6. The third-order valence-electron chi connectivity index (χ3n) is 8.03. The zero-order valence-electron chi connectivity index (χ0n) is 20.6. The summed E-state index contributed by atoms with van der Waals surface area (Å²) in [5.41, 5.74) is 1.04. The van der Waals surface area contributed by atoms with Crippen molar-refractivity contribution in [3.05, 3.63) is 96.1 Å². The van der Waals surface area contributed by atoms with Crippen LogP contribution in [0.3, 0.4) is 0 Å². The van der Waals surface area contributed by atoms with Crippen LogP contribution in [0.5, 0.6) is 5.75 Å². The lowest BCUT2D eigenvalue weighted by molar-refractivity contribution is -0.161. The standard InChI is InChI=1S/C30H28N2O5/c1-36-23-15-8-12-21(18-23)26-24-25(28(34)32(27(24)33)22-13-6-3-7-14-22)30(16-9-17-31(26)30)29(35)37-19-20-10-4-2-5-11-20/h2-8,10-15,18,24-26H,9,16-17,19H2,1H3/t24-,25+,26-,30+/m1/s1. The Kier molecular flexibility index (Phi) is 5.80. The number of benzene rings is 3. The van der Waals surface area contributed by atoms with E-state index in [4.69, 9.17) is 9.47 Å². The summed E-state index contributed by atoms with van der Waals surface area (Å²) in [6.07, 6.45) is 1.20. The van der Waals surface area contributed by atoms with Crippen LogP contribution in [0, 0.1) is 11.8 Å². The average molecular weight is 497 g/mol. The molecule has 3 aromatic carbocycles. The minimum absolute atomic E-state index is 0.112. The van der Waals surface area contributed by atoms with E-state index in [9.17, 15) is 14.4 Å². The van der Waals surface area contributed by atoms with Crippen molar-refractivity contribution in [3.63, 3.8) is 0 Å². The molecule has 3 aliphatic rings. The number of fused-ring (bicyclic) bond motifs is 3. The molecule has 0 radical (unpaired) electrons. The fourth-order valence-electron chi connectivity index (χ4n) is 6.53. The highest BCUT2D eigenvalue weighted by Crippen LogP contribution is 2.60. The number of hydrogen-bond donors (Lipinski definition) is 0. The first kappa shape index (κ1) is 23.4. The summed E-state index contributed by atoms with van der Waals surface area (Å²) in [5, 5.41) is 0. The van der Waals surface area contributed by atoms with E-state index in [1.165, 1.54) is 4.90 Å². The third kappa shape index (κ3) is 3.56. The normalized spacial score (nSPS) is 26.7. The molecule has 2 amide bonds. The van der Waals surface area contributed by atoms with E-state index in [2.05, 4.69) is 4.90 Å². The fraction of sp³-hybridized carbons (Fsp3) is 0.300. The van der Waals surface area contributed by atoms with Gasteiger partial charge in [-0.2, -0.15) is 0 Å². The van der Waals surface area contributed by atoms with Gasteiger partial charge in [-0.25, -0.2) is 4.90 Å². The largest absolute Gasteiger partial charge is 0.497 e. The number of methoxy groups -OCH3 is 1. The van der Waals surface area contributed by atoms with E-state index in [0.717, 1.165) is 17.5 Å². The Balaban J connectivity index is 1.45. The van der Waals surface area contributed by atoms with Crippen LogP contribution >= 0.6 is 0 Å². The summed E-state index contributed by atoms with van der Waals surface area (Å²) in [6, 6.07) is 25.6. The molecule has 37 heavy (non-hydrogen) atoms. The highest BCUT2D eigenvalue weighted by atomic mass is 16.5. The maximum atomic E-state index is 14.1. The second kappa shape index (κ2) is 9.16. The maximum absolute atomic E-state index is 14.1. The molecule has 3 fully saturated rings. The van der Waals surface area contributed by atoms with Gasteiger partial charge >= 0.3 is 5.97 Å². The first-order valence-electron chi connectivity index (χ1n) is 12.6. The average Bonchev–Trinajstić information content (AvgIpc) is 3.57. The number of rotatable bonds is 6. The zero-order valence-corrected chi connectivity index (χ0v) is 20.6. The number of imide groups is 1. The molecule has 3 aromatic rings. The van der Waals surface area contributed by atoms with Crippen LogP contribution in [0.4, 0.5) is 5.69 Å². The van der Waals surface area contributed by atoms with Gasteiger partial charge in [-0.15, -0.1) is 0 Å². The molecule has 0 spiro atoms. The van der Waals surface area contributed by atoms with Gasteiger partial charge in [0.2, 0.25) is 11.8 Å². The van der Waals surface area contributed by atoms with Gasteiger partial charge in [0.25, 0.3) is 0 Å². The number of hydrogen-bond acceptors (Lipinski definition) is 6. The van der Waals surface area contributed by atoms with Gasteiger partial charge in [-0.05, 0) is 54.8 Å². The molecule has 6 rings (SSSR count). The van der Waals surface area contributed by atoms with Crippen molar-refractivity contribution >= 4 is 23.5 Å². The lowest BCUT2D eigenvalue weighted by Gasteiger charge is -2.36. The summed E-state index contributed by atoms with van der Waals surface area (Å²) in [5.74, 6) is -1.93. The van der Waals surface area contributed by atoms with E-state index >= 15 is 0 Å². The first-order chi connectivity index (χ1) is 18.1. The van der Waals surface area contributed by atoms with Crippen molar-refractivity contribution in [1.82, 2.24) is 4.90 Å². The van der Waals surface area contributed by atoms with Gasteiger partial charge in [0.05, 0.1) is 24.6 Å². The number of carbonyl (C=O) groups excluding carboxylic acids is 3. The second-order valence-electron chi connectivity index (χ2n) is 9.86. The summed E-state index contributed by atoms with van der Waals surface area (Å²) >= 11 is 0. The van der Waals surface area contributed by atoms with Crippen molar-refractivity contribution in [2.75, 3.05) is 18.6 Å². The monoisotopic (exact) mass is 496 g/mol. The van der Waals surface area contributed by atoms with Gasteiger partial charge in [-0.1, -0.05) is 60.7 Å². The quantitative estimate of drug-likeness (QED) is 0.377. The molecule has 7 nitrogen and oxygen atoms in total. The SMILES string of the molecule is COc1cccc([C@@H]2[C@@H]3C(=O)N(c4ccccc4)C(=O)[C@H]3[C@]3(C(=O)OCc4ccccc4)CCCN23)c1. The third-order valence-corrected chi connectivity index (χ3v) is 8.03. The molecule has 3 heterocycles. The minimum atomic E-state index is -1.20. The van der Waals surface area contributed by atoms with Crippen molar-refractivity contribution in [2.45, 2.75) is 31.0 Å². The summed E-state index contributed by atoms with van der Waals surface area (Å²) in [4.78, 5) is 45.4. The van der Waals surface area contributed by atoms with Crippen molar-refractivity contribution in [2.24, 2.45) is 11.8 Å². The lowest BCUT2D eigenvalue weighted by atomic mass is 9.77. The Morgan fingerprint density at radius 2 is 1.68 bits per heavy atom. The smallest absolute Gasteiger partial charge is 0.327 e. The van der Waals surface area contributed by atoms with Crippen molar-refractivity contribution in [1.29, 1.82) is 0 Å². The molecule has 0 bridgehead atoms. The molecule has 3 aliphatic heterocycles. The number of para-hydroxylation sites is 1. The summed E-state index contributed by atoms with van der Waals surface area (Å²) in [7, 11) is 1.60. The van der Waals surface area contributed by atoms with E-state index in [1.54, 1.807) is 31.4 Å². The molecule has 0 unspecified atom stereocenters. The highest BCUT2D eigenvalue weighted by Gasteiger charge is 2.73. The topological polar surface area (TPSA) is 76.1 Å². The Morgan fingerprint density at radius 3 is 2.41 bits per heavy atom. The van der Waals surface area contributed by atoms with Gasteiger partial charge in [-0.3, -0.25) is 19.3 Å². The maximum Gasteiger partial charge on any atom is 0.327 e. The predicted molar refractivity (Wildman–Crippen MR) is 137 cm³/mol. The van der Waals surface area contributed by atoms with Crippen LogP contribution < -0.4 is 9.64 Å². The van der Waals surface area contributed by atoms with Crippen LogP contribution in [-0.2, 0) is 25.7 Å². The van der Waals surface area contributed by atoms with Gasteiger partial charge in [0.15, 0.2) is 0 Å². The molecule has 0 N–H and O–H groups in total. The fourth-order valence-corrected chi connectivity index (χ4v) is 6.53. The van der Waals surface area contributed by atoms with Gasteiger partial charge < -0.3 is 9.47 Å². The number of carbonyl (C=O) groups is 3. The van der Waals surface area contributed by atoms with Gasteiger partial charge in [0, 0.05) is 6.04 Å². The Labute approximate surface area is 215 Å². The Bertz CT molecular complexity index is 1340. The second-order valence-corrected chi connectivity index (χ2v) is 9.86. The molecule has 0 aliphatic carbocycles. The van der Waals surface area contributed by atoms with E-state index < -0.39 is 29.4 Å². The van der Waals surface area contributed by atoms with Crippen LogP contribution in [0.1, 0.15) is 30.0 Å². The molecule has 188 valence electrons. The van der Waals surface area contributed by atoms with E-state index in [0.29, 0.717) is 24.4 Å². The minimum Gasteiger partial charge on any atom is -0.497 e. The van der Waals surface area contributed by atoms with Crippen LogP contribution in [0.15, 0.2) is 84.9 Å². The number of amides is 2. The van der Waals surface area contributed by atoms with Crippen LogP contribution in [0.25, 0.3) is 0 Å². The number of esters is 1. The van der Waals surface area contributed by atoms with Crippen LogP contribution in [0.2, 0.25) is 0 Å². The predicted octanol–water partition coefficient (Wildman–Crippen LogP) is 4.13. The molecular formula is C30H28N2O5. The molecule has 0 saturated carbocycles. The van der Waals surface area contributed by atoms with E-state index in [-0.39, 0.29) is 18.4 Å². The Morgan fingerprint density at radius 1 is 0.946 bits per heavy atom. The summed E-state index contributed by atoms with van der Waals surface area (Å²) < 4.78 is 11.4. The molecule has 7 heteroatoms. The molecule has 3 saturated heterocycles. The van der Waals surface area contributed by atoms with Gasteiger partial charge in [0.1, 0.15) is 17.9 Å². The number of anilines is 1. The van der Waals surface area contributed by atoms with Crippen molar-refractivity contribution < 1.29 is 23.9 Å². The number of nitrogens with zero attached hydrogens (tertiary/aromatic N) is 2.